The van der Waals surface area contributed by atoms with Gasteiger partial charge in [0.1, 0.15) is 11.6 Å². The summed E-state index contributed by atoms with van der Waals surface area (Å²) in [6.07, 6.45) is 10.1. The van der Waals surface area contributed by atoms with Gasteiger partial charge in [0, 0.05) is 57.5 Å². The highest BCUT2D eigenvalue weighted by Gasteiger charge is 2.32. The number of ether oxygens (including phenoxy) is 1. The molecule has 0 bridgehead atoms. The molecule has 0 radical (unpaired) electrons. The normalized spacial score (nSPS) is 22.1. The van der Waals surface area contributed by atoms with Gasteiger partial charge in [-0.2, -0.15) is 4.98 Å². The molecule has 2 aromatic rings. The van der Waals surface area contributed by atoms with Crippen LogP contribution in [0.25, 0.3) is 0 Å². The topological polar surface area (TPSA) is 73.8 Å². The van der Waals surface area contributed by atoms with Crippen LogP contribution in [-0.2, 0) is 4.79 Å². The summed E-state index contributed by atoms with van der Waals surface area (Å²) in [6.45, 7) is 5.99. The second-order valence-electron chi connectivity index (χ2n) is 9.98. The van der Waals surface area contributed by atoms with E-state index in [9.17, 15) is 4.79 Å². The molecule has 3 aliphatic rings. The Morgan fingerprint density at radius 2 is 1.71 bits per heavy atom. The average Bonchev–Trinajstić information content (AvgIpc) is 3.19. The molecule has 1 aromatic carbocycles. The third-order valence-electron chi connectivity index (χ3n) is 7.56. The van der Waals surface area contributed by atoms with E-state index in [4.69, 9.17) is 9.72 Å². The first-order valence-electron chi connectivity index (χ1n) is 13.3. The summed E-state index contributed by atoms with van der Waals surface area (Å²) in [5, 5.41) is 3.59. The predicted molar refractivity (Wildman–Crippen MR) is 138 cm³/mol. The number of para-hydroxylation sites is 1. The van der Waals surface area contributed by atoms with Gasteiger partial charge in [0.15, 0.2) is 6.61 Å². The summed E-state index contributed by atoms with van der Waals surface area (Å²) in [5.41, 5.74) is 0. The Morgan fingerprint density at radius 3 is 2.49 bits per heavy atom. The highest BCUT2D eigenvalue weighted by atomic mass is 16.5. The van der Waals surface area contributed by atoms with E-state index in [0.29, 0.717) is 12.1 Å². The van der Waals surface area contributed by atoms with Crippen molar-refractivity contribution in [3.05, 3.63) is 42.6 Å². The van der Waals surface area contributed by atoms with Gasteiger partial charge in [-0.25, -0.2) is 4.98 Å². The molecule has 188 valence electrons. The second-order valence-corrected chi connectivity index (χ2v) is 9.98. The monoisotopic (exact) mass is 478 g/mol. The Balaban J connectivity index is 1.06. The molecule has 1 atom stereocenters. The smallest absolute Gasteiger partial charge is 0.260 e. The Labute approximate surface area is 208 Å². The highest BCUT2D eigenvalue weighted by molar-refractivity contribution is 5.77. The lowest BCUT2D eigenvalue weighted by molar-refractivity contribution is -0.134. The summed E-state index contributed by atoms with van der Waals surface area (Å²) in [4.78, 5) is 28.9. The van der Waals surface area contributed by atoms with E-state index in [2.05, 4.69) is 20.1 Å². The lowest BCUT2D eigenvalue weighted by Crippen LogP contribution is -2.47. The average molecular weight is 479 g/mol. The Kier molecular flexibility index (Phi) is 7.98. The molecule has 4 heterocycles. The molecule has 0 saturated carbocycles. The van der Waals surface area contributed by atoms with Crippen molar-refractivity contribution in [2.45, 2.75) is 57.0 Å². The van der Waals surface area contributed by atoms with Crippen LogP contribution < -0.4 is 15.0 Å². The quantitative estimate of drug-likeness (QED) is 0.654. The van der Waals surface area contributed by atoms with Crippen LogP contribution in [0.15, 0.2) is 42.6 Å². The SMILES string of the molecule is O=C(COc1ccccc1)N1CCC(N2CCC(Nc3nccc(N4CCCCCC4)n3)C2)CC1. The van der Waals surface area contributed by atoms with E-state index < -0.39 is 0 Å². The fourth-order valence-corrected chi connectivity index (χ4v) is 5.55. The first-order valence-corrected chi connectivity index (χ1v) is 13.3. The zero-order chi connectivity index (χ0) is 23.9. The number of nitrogens with zero attached hydrogens (tertiary/aromatic N) is 5. The Bertz CT molecular complexity index is 942. The zero-order valence-corrected chi connectivity index (χ0v) is 20.6. The number of piperidine rings is 1. The van der Waals surface area contributed by atoms with Gasteiger partial charge in [-0.05, 0) is 50.3 Å². The molecule has 5 rings (SSSR count). The number of carbonyl (C=O) groups excluding carboxylic acids is 1. The van der Waals surface area contributed by atoms with Crippen LogP contribution in [-0.4, -0.2) is 83.6 Å². The molecule has 8 nitrogen and oxygen atoms in total. The third kappa shape index (κ3) is 6.42. The predicted octanol–water partition coefficient (Wildman–Crippen LogP) is 3.41. The maximum Gasteiger partial charge on any atom is 0.260 e. The van der Waals surface area contributed by atoms with E-state index in [0.717, 1.165) is 76.0 Å². The van der Waals surface area contributed by atoms with Crippen LogP contribution in [0.5, 0.6) is 5.75 Å². The van der Waals surface area contributed by atoms with Gasteiger partial charge in [0.2, 0.25) is 5.95 Å². The van der Waals surface area contributed by atoms with Gasteiger partial charge in [0.05, 0.1) is 0 Å². The van der Waals surface area contributed by atoms with E-state index >= 15 is 0 Å². The minimum Gasteiger partial charge on any atom is -0.484 e. The van der Waals surface area contributed by atoms with Crippen LogP contribution in [0.4, 0.5) is 11.8 Å². The highest BCUT2D eigenvalue weighted by Crippen LogP contribution is 2.24. The van der Waals surface area contributed by atoms with Crippen molar-refractivity contribution >= 4 is 17.7 Å². The third-order valence-corrected chi connectivity index (χ3v) is 7.56. The molecular weight excluding hydrogens is 440 g/mol. The molecule has 35 heavy (non-hydrogen) atoms. The largest absolute Gasteiger partial charge is 0.484 e. The Morgan fingerprint density at radius 1 is 0.943 bits per heavy atom. The molecule has 0 spiro atoms. The summed E-state index contributed by atoms with van der Waals surface area (Å²) < 4.78 is 5.65. The minimum absolute atomic E-state index is 0.0784. The van der Waals surface area contributed by atoms with Crippen molar-refractivity contribution in [1.29, 1.82) is 0 Å². The molecule has 0 aliphatic carbocycles. The summed E-state index contributed by atoms with van der Waals surface area (Å²) in [6, 6.07) is 12.5. The maximum absolute atomic E-state index is 12.6. The van der Waals surface area contributed by atoms with Gasteiger partial charge in [-0.3, -0.25) is 9.69 Å². The van der Waals surface area contributed by atoms with Crippen molar-refractivity contribution in [2.24, 2.45) is 0 Å². The number of carbonyl (C=O) groups is 1. The number of amides is 1. The zero-order valence-electron chi connectivity index (χ0n) is 20.6. The van der Waals surface area contributed by atoms with Crippen molar-refractivity contribution < 1.29 is 9.53 Å². The number of benzene rings is 1. The van der Waals surface area contributed by atoms with E-state index in [1.807, 2.05) is 47.5 Å². The molecule has 1 amide bonds. The molecule has 1 N–H and O–H groups in total. The van der Waals surface area contributed by atoms with Crippen molar-refractivity contribution in [3.63, 3.8) is 0 Å². The Hall–Kier alpha value is -2.87. The lowest BCUT2D eigenvalue weighted by atomic mass is 10.0. The van der Waals surface area contributed by atoms with Crippen molar-refractivity contribution in [2.75, 3.05) is 56.1 Å². The fraction of sp³-hybridized carbons (Fsp3) is 0.593. The van der Waals surface area contributed by atoms with Gasteiger partial charge in [-0.1, -0.05) is 31.0 Å². The van der Waals surface area contributed by atoms with Crippen LogP contribution >= 0.6 is 0 Å². The number of aromatic nitrogens is 2. The molecule has 1 unspecified atom stereocenters. The first-order chi connectivity index (χ1) is 17.2. The summed E-state index contributed by atoms with van der Waals surface area (Å²) in [5.74, 6) is 2.62. The van der Waals surface area contributed by atoms with Crippen molar-refractivity contribution in [3.8, 4) is 5.75 Å². The fourth-order valence-electron chi connectivity index (χ4n) is 5.55. The summed E-state index contributed by atoms with van der Waals surface area (Å²) in [7, 11) is 0. The molecule has 3 aliphatic heterocycles. The molecule has 3 fully saturated rings. The number of rotatable bonds is 7. The number of hydrogen-bond donors (Lipinski definition) is 1. The molecule has 8 heteroatoms. The van der Waals surface area contributed by atoms with Gasteiger partial charge in [0.25, 0.3) is 5.91 Å². The number of likely N-dealkylation sites (tertiary alicyclic amines) is 2. The van der Waals surface area contributed by atoms with E-state index in [-0.39, 0.29) is 12.5 Å². The minimum atomic E-state index is 0.0784. The van der Waals surface area contributed by atoms with E-state index in [1.54, 1.807) is 0 Å². The number of nitrogens with one attached hydrogen (secondary N) is 1. The second kappa shape index (κ2) is 11.7. The molecule has 1 aromatic heterocycles. The van der Waals surface area contributed by atoms with E-state index in [1.165, 1.54) is 25.7 Å². The standard InChI is InChI=1S/C27H38N6O2/c34-26(21-35-24-8-4-3-5-9-24)32-18-12-23(13-19-32)33-17-11-22(20-33)29-27-28-14-10-25(30-27)31-15-6-1-2-7-16-31/h3-5,8-10,14,22-23H,1-2,6-7,11-13,15-21H2,(H,28,29,30). The molecule has 3 saturated heterocycles. The van der Waals surface area contributed by atoms with Gasteiger partial charge >= 0.3 is 0 Å². The van der Waals surface area contributed by atoms with Gasteiger partial charge < -0.3 is 19.9 Å². The first kappa shape index (κ1) is 23.9. The maximum atomic E-state index is 12.6. The van der Waals surface area contributed by atoms with Crippen molar-refractivity contribution in [1.82, 2.24) is 19.8 Å². The van der Waals surface area contributed by atoms with Crippen LogP contribution in [0, 0.1) is 0 Å². The van der Waals surface area contributed by atoms with Crippen LogP contribution in [0.1, 0.15) is 44.9 Å². The van der Waals surface area contributed by atoms with Crippen LogP contribution in [0.2, 0.25) is 0 Å². The molecular formula is C27H38N6O2. The van der Waals surface area contributed by atoms with Gasteiger partial charge in [-0.15, -0.1) is 0 Å². The number of hydrogen-bond acceptors (Lipinski definition) is 7. The van der Waals surface area contributed by atoms with Crippen LogP contribution in [0.3, 0.4) is 0 Å². The number of anilines is 2. The summed E-state index contributed by atoms with van der Waals surface area (Å²) >= 11 is 0. The lowest BCUT2D eigenvalue weighted by Gasteiger charge is -2.36.